The molecule has 1 heterocycles. The molecule has 2 heteroatoms. The molecule has 0 spiro atoms. The molecule has 20 heavy (non-hydrogen) atoms. The molecular weight excluding hydrogens is 244 g/mol. The summed E-state index contributed by atoms with van der Waals surface area (Å²) in [5, 5.41) is 3.55. The number of hydrogen-bond donors (Lipinski definition) is 1. The van der Waals surface area contributed by atoms with Gasteiger partial charge < -0.3 is 5.32 Å². The molecule has 0 radical (unpaired) electrons. The van der Waals surface area contributed by atoms with Crippen molar-refractivity contribution in [2.75, 3.05) is 20.1 Å². The molecule has 0 aliphatic carbocycles. The number of nitrogens with zero attached hydrogens (tertiary/aromatic N) is 1. The minimum Gasteiger partial charge on any atom is -0.311 e. The summed E-state index contributed by atoms with van der Waals surface area (Å²) in [7, 11) is 2.09. The van der Waals surface area contributed by atoms with E-state index in [-0.39, 0.29) is 5.54 Å². The van der Waals surface area contributed by atoms with E-state index in [1.807, 2.05) is 0 Å². The predicted octanol–water partition coefficient (Wildman–Crippen LogP) is 3.91. The maximum absolute atomic E-state index is 3.55. The highest BCUT2D eigenvalue weighted by molar-refractivity contribution is 5.26. The van der Waals surface area contributed by atoms with Crippen molar-refractivity contribution in [3.8, 4) is 0 Å². The molecule has 1 fully saturated rings. The van der Waals surface area contributed by atoms with Crippen LogP contribution in [0.25, 0.3) is 0 Å². The van der Waals surface area contributed by atoms with Crippen LogP contribution in [0, 0.1) is 6.92 Å². The molecule has 1 aromatic rings. The average molecular weight is 274 g/mol. The second kappa shape index (κ2) is 6.73. The lowest BCUT2D eigenvalue weighted by Crippen LogP contribution is -2.52. The summed E-state index contributed by atoms with van der Waals surface area (Å²) in [6.07, 6.45) is 5.46. The van der Waals surface area contributed by atoms with Crippen molar-refractivity contribution in [2.45, 2.75) is 58.0 Å². The van der Waals surface area contributed by atoms with E-state index in [0.29, 0.717) is 6.04 Å². The average Bonchev–Trinajstić information content (AvgIpc) is 2.71. The number of hydrogen-bond acceptors (Lipinski definition) is 2. The summed E-state index contributed by atoms with van der Waals surface area (Å²) >= 11 is 0. The number of benzene rings is 1. The van der Waals surface area contributed by atoms with Crippen LogP contribution in [0.15, 0.2) is 24.3 Å². The molecule has 1 N–H and O–H groups in total. The third-order valence-electron chi connectivity index (χ3n) is 4.83. The Morgan fingerprint density at radius 1 is 1.00 bits per heavy atom. The summed E-state index contributed by atoms with van der Waals surface area (Å²) in [5.41, 5.74) is 2.87. The molecule has 2 nitrogen and oxygen atoms in total. The van der Waals surface area contributed by atoms with E-state index in [9.17, 15) is 0 Å². The Balaban J connectivity index is 2.21. The van der Waals surface area contributed by atoms with Gasteiger partial charge in [0.25, 0.3) is 0 Å². The molecule has 1 saturated heterocycles. The van der Waals surface area contributed by atoms with E-state index >= 15 is 0 Å². The van der Waals surface area contributed by atoms with Crippen LogP contribution < -0.4 is 5.32 Å². The highest BCUT2D eigenvalue weighted by Gasteiger charge is 2.35. The van der Waals surface area contributed by atoms with Crippen molar-refractivity contribution in [2.24, 2.45) is 0 Å². The minimum atomic E-state index is 0.147. The summed E-state index contributed by atoms with van der Waals surface area (Å²) in [6, 6.07) is 9.36. The van der Waals surface area contributed by atoms with E-state index in [1.165, 1.54) is 49.9 Å². The lowest BCUT2D eigenvalue weighted by molar-refractivity contribution is 0.0864. The number of nitrogens with one attached hydrogen (secondary N) is 1. The van der Waals surface area contributed by atoms with Crippen LogP contribution in [-0.2, 0) is 0 Å². The van der Waals surface area contributed by atoms with Gasteiger partial charge in [-0.05, 0) is 59.3 Å². The van der Waals surface area contributed by atoms with Gasteiger partial charge in [0, 0.05) is 11.6 Å². The molecule has 1 unspecified atom stereocenters. The molecule has 0 bridgehead atoms. The summed E-state index contributed by atoms with van der Waals surface area (Å²) in [4.78, 5) is 2.68. The second-order valence-corrected chi connectivity index (χ2v) is 6.69. The zero-order valence-corrected chi connectivity index (χ0v) is 13.6. The van der Waals surface area contributed by atoms with Gasteiger partial charge in [-0.1, -0.05) is 42.7 Å². The van der Waals surface area contributed by atoms with Crippen molar-refractivity contribution in [1.29, 1.82) is 0 Å². The van der Waals surface area contributed by atoms with E-state index < -0.39 is 0 Å². The van der Waals surface area contributed by atoms with E-state index in [0.717, 1.165) is 0 Å². The van der Waals surface area contributed by atoms with Gasteiger partial charge in [-0.3, -0.25) is 4.90 Å². The molecular formula is C18H30N2. The monoisotopic (exact) mass is 274 g/mol. The van der Waals surface area contributed by atoms with E-state index in [1.54, 1.807) is 0 Å². The Morgan fingerprint density at radius 3 is 2.05 bits per heavy atom. The number of likely N-dealkylation sites (tertiary alicyclic amines) is 1. The van der Waals surface area contributed by atoms with Gasteiger partial charge in [0.2, 0.25) is 0 Å². The molecule has 0 saturated carbocycles. The van der Waals surface area contributed by atoms with Gasteiger partial charge in [-0.25, -0.2) is 0 Å². The molecule has 1 aliphatic rings. The first kappa shape index (κ1) is 15.5. The lowest BCUT2D eigenvalue weighted by atomic mass is 9.86. The Morgan fingerprint density at radius 2 is 1.55 bits per heavy atom. The van der Waals surface area contributed by atoms with Gasteiger partial charge in [0.15, 0.2) is 0 Å². The first-order valence-electron chi connectivity index (χ1n) is 8.04. The maximum Gasteiger partial charge on any atom is 0.0499 e. The molecule has 1 atom stereocenters. The third-order valence-corrected chi connectivity index (χ3v) is 4.83. The molecule has 112 valence electrons. The largest absolute Gasteiger partial charge is 0.311 e. The van der Waals surface area contributed by atoms with Gasteiger partial charge in [0.1, 0.15) is 0 Å². The van der Waals surface area contributed by atoms with Crippen molar-refractivity contribution < 1.29 is 0 Å². The molecule has 0 amide bonds. The van der Waals surface area contributed by atoms with Crippen molar-refractivity contribution in [3.05, 3.63) is 35.4 Å². The fraction of sp³-hybridized carbons (Fsp3) is 0.667. The van der Waals surface area contributed by atoms with Crippen LogP contribution in [0.5, 0.6) is 0 Å². The van der Waals surface area contributed by atoms with Crippen LogP contribution in [-0.4, -0.2) is 30.6 Å². The summed E-state index contributed by atoms with van der Waals surface area (Å²) < 4.78 is 0. The van der Waals surface area contributed by atoms with Crippen LogP contribution in [0.1, 0.15) is 56.7 Å². The zero-order valence-electron chi connectivity index (χ0n) is 13.6. The van der Waals surface area contributed by atoms with Gasteiger partial charge >= 0.3 is 0 Å². The molecule has 1 aromatic carbocycles. The standard InChI is InChI=1S/C18H30N2/c1-15-9-11-16(12-10-15)17(19-4)18(2,3)20-13-7-5-6-8-14-20/h9-12,17,19H,5-8,13-14H2,1-4H3. The SMILES string of the molecule is CNC(c1ccc(C)cc1)C(C)(C)N1CCCCCC1. The number of aryl methyl sites for hydroxylation is 1. The first-order valence-corrected chi connectivity index (χ1v) is 8.04. The number of rotatable bonds is 4. The van der Waals surface area contributed by atoms with Crippen LogP contribution in [0.4, 0.5) is 0 Å². The molecule has 0 aromatic heterocycles. The Kier molecular flexibility index (Phi) is 5.22. The van der Waals surface area contributed by atoms with E-state index in [4.69, 9.17) is 0 Å². The van der Waals surface area contributed by atoms with Crippen LogP contribution in [0.3, 0.4) is 0 Å². The Bertz CT molecular complexity index is 400. The minimum absolute atomic E-state index is 0.147. The van der Waals surface area contributed by atoms with Crippen LogP contribution >= 0.6 is 0 Å². The lowest BCUT2D eigenvalue weighted by Gasteiger charge is -2.44. The quantitative estimate of drug-likeness (QED) is 0.895. The smallest absolute Gasteiger partial charge is 0.0499 e. The highest BCUT2D eigenvalue weighted by Crippen LogP contribution is 2.32. The fourth-order valence-electron chi connectivity index (χ4n) is 3.52. The normalized spacial score (nSPS) is 19.6. The van der Waals surface area contributed by atoms with Crippen LogP contribution in [0.2, 0.25) is 0 Å². The zero-order chi connectivity index (χ0) is 14.6. The topological polar surface area (TPSA) is 15.3 Å². The highest BCUT2D eigenvalue weighted by atomic mass is 15.2. The first-order chi connectivity index (χ1) is 9.55. The Labute approximate surface area is 124 Å². The van der Waals surface area contributed by atoms with Gasteiger partial charge in [0.05, 0.1) is 0 Å². The summed E-state index contributed by atoms with van der Waals surface area (Å²) in [6.45, 7) is 9.39. The van der Waals surface area contributed by atoms with Gasteiger partial charge in [-0.2, -0.15) is 0 Å². The second-order valence-electron chi connectivity index (χ2n) is 6.69. The molecule has 1 aliphatic heterocycles. The Hall–Kier alpha value is -0.860. The summed E-state index contributed by atoms with van der Waals surface area (Å²) in [5.74, 6) is 0. The van der Waals surface area contributed by atoms with Crippen molar-refractivity contribution >= 4 is 0 Å². The van der Waals surface area contributed by atoms with Gasteiger partial charge in [-0.15, -0.1) is 0 Å². The fourth-order valence-corrected chi connectivity index (χ4v) is 3.52. The maximum atomic E-state index is 3.55. The molecule has 2 rings (SSSR count). The third kappa shape index (κ3) is 3.42. The van der Waals surface area contributed by atoms with Crippen molar-refractivity contribution in [3.63, 3.8) is 0 Å². The predicted molar refractivity (Wildman–Crippen MR) is 87.1 cm³/mol. The number of likely N-dealkylation sites (N-methyl/N-ethyl adjacent to an activating group) is 1. The van der Waals surface area contributed by atoms with E-state index in [2.05, 4.69) is 62.3 Å². The van der Waals surface area contributed by atoms with Crippen molar-refractivity contribution in [1.82, 2.24) is 10.2 Å².